The van der Waals surface area contributed by atoms with Gasteiger partial charge in [0.1, 0.15) is 6.61 Å². The molecule has 0 saturated heterocycles. The van der Waals surface area contributed by atoms with E-state index in [0.717, 1.165) is 11.1 Å². The second kappa shape index (κ2) is 9.90. The molecule has 7 nitrogen and oxygen atoms in total. The van der Waals surface area contributed by atoms with E-state index >= 15 is 0 Å². The van der Waals surface area contributed by atoms with Crippen molar-refractivity contribution < 1.29 is 24.2 Å². The summed E-state index contributed by atoms with van der Waals surface area (Å²) in [6.07, 6.45) is 4.20. The van der Waals surface area contributed by atoms with Crippen LogP contribution in [0.4, 0.5) is 4.79 Å². The number of rotatable bonds is 7. The third-order valence-corrected chi connectivity index (χ3v) is 6.35. The van der Waals surface area contributed by atoms with Crippen LogP contribution in [0.15, 0.2) is 60.7 Å². The van der Waals surface area contributed by atoms with Crippen LogP contribution in [0.3, 0.4) is 0 Å². The minimum Gasteiger partial charge on any atom is -0.481 e. The molecule has 0 aromatic heterocycles. The van der Waals surface area contributed by atoms with Crippen LogP contribution in [0.2, 0.25) is 0 Å². The summed E-state index contributed by atoms with van der Waals surface area (Å²) in [5.41, 5.74) is 4.64. The Kier molecular flexibility index (Phi) is 6.77. The fraction of sp³-hybridized carbons (Fsp3) is 0.346. The number of nitrogens with one attached hydrogen (secondary N) is 2. The number of carboxylic acids is 1. The van der Waals surface area contributed by atoms with E-state index in [-0.39, 0.29) is 36.9 Å². The summed E-state index contributed by atoms with van der Waals surface area (Å²) in [4.78, 5) is 35.9. The Morgan fingerprint density at radius 3 is 2.33 bits per heavy atom. The molecule has 0 bridgehead atoms. The van der Waals surface area contributed by atoms with Crippen LogP contribution in [0.25, 0.3) is 11.1 Å². The molecule has 2 aromatic rings. The van der Waals surface area contributed by atoms with Crippen molar-refractivity contribution in [3.63, 3.8) is 0 Å². The van der Waals surface area contributed by atoms with Crippen LogP contribution in [-0.4, -0.2) is 42.3 Å². The Morgan fingerprint density at radius 1 is 1.06 bits per heavy atom. The molecule has 4 rings (SSSR count). The number of aliphatic carboxylic acids is 1. The van der Waals surface area contributed by atoms with Crippen molar-refractivity contribution in [2.45, 2.75) is 31.7 Å². The molecule has 0 saturated carbocycles. The van der Waals surface area contributed by atoms with Crippen LogP contribution in [-0.2, 0) is 14.3 Å². The van der Waals surface area contributed by atoms with Gasteiger partial charge >= 0.3 is 12.1 Å². The van der Waals surface area contributed by atoms with Gasteiger partial charge in [0, 0.05) is 18.4 Å². The summed E-state index contributed by atoms with van der Waals surface area (Å²) in [5, 5.41) is 14.5. The lowest BCUT2D eigenvalue weighted by molar-refractivity contribution is -0.141. The normalized spacial score (nSPS) is 19.8. The Morgan fingerprint density at radius 2 is 1.70 bits per heavy atom. The zero-order valence-electron chi connectivity index (χ0n) is 18.5. The van der Waals surface area contributed by atoms with Crippen molar-refractivity contribution in [1.29, 1.82) is 0 Å². The van der Waals surface area contributed by atoms with Gasteiger partial charge in [-0.25, -0.2) is 4.79 Å². The summed E-state index contributed by atoms with van der Waals surface area (Å²) in [5.74, 6) is -2.14. The first-order chi connectivity index (χ1) is 15.9. The van der Waals surface area contributed by atoms with Crippen LogP contribution >= 0.6 is 0 Å². The second-order valence-electron chi connectivity index (χ2n) is 8.66. The molecule has 3 unspecified atom stereocenters. The van der Waals surface area contributed by atoms with Gasteiger partial charge in [-0.15, -0.1) is 0 Å². The molecule has 172 valence electrons. The number of amides is 2. The standard InChI is InChI=1S/C26H28N2O5/c1-16(25(30)31)14-27-24(29)17-7-6-8-18(13-17)28-26(32)33-15-23-21-11-4-2-9-19(21)20-10-3-5-12-22(20)23/h2-6,8-12,16-18,23H,7,13-15H2,1H3,(H,27,29)(H,28,32)(H,30,31). The maximum absolute atomic E-state index is 12.5. The van der Waals surface area contributed by atoms with Crippen molar-refractivity contribution in [3.05, 3.63) is 71.8 Å². The van der Waals surface area contributed by atoms with Crippen molar-refractivity contribution in [1.82, 2.24) is 10.6 Å². The Labute approximate surface area is 192 Å². The number of alkyl carbamates (subject to hydrolysis) is 1. The van der Waals surface area contributed by atoms with Crippen LogP contribution in [0.1, 0.15) is 36.8 Å². The molecule has 2 aromatic carbocycles. The molecule has 0 aliphatic heterocycles. The number of carboxylic acid groups (broad SMARTS) is 1. The van der Waals surface area contributed by atoms with Crippen molar-refractivity contribution in [2.75, 3.05) is 13.2 Å². The highest BCUT2D eigenvalue weighted by Crippen LogP contribution is 2.44. The highest BCUT2D eigenvalue weighted by molar-refractivity contribution is 5.80. The molecule has 0 spiro atoms. The summed E-state index contributed by atoms with van der Waals surface area (Å²) >= 11 is 0. The molecule has 33 heavy (non-hydrogen) atoms. The van der Waals surface area contributed by atoms with E-state index in [9.17, 15) is 14.4 Å². The number of ether oxygens (including phenoxy) is 1. The van der Waals surface area contributed by atoms with Crippen LogP contribution < -0.4 is 10.6 Å². The smallest absolute Gasteiger partial charge is 0.407 e. The minimum absolute atomic E-state index is 0.0141. The molecule has 2 amide bonds. The topological polar surface area (TPSA) is 105 Å². The van der Waals surface area contributed by atoms with Gasteiger partial charge in [-0.2, -0.15) is 0 Å². The maximum atomic E-state index is 12.5. The first-order valence-corrected chi connectivity index (χ1v) is 11.2. The van der Waals surface area contributed by atoms with Gasteiger partial charge in [0.2, 0.25) is 5.91 Å². The van der Waals surface area contributed by atoms with E-state index in [4.69, 9.17) is 9.84 Å². The van der Waals surface area contributed by atoms with Gasteiger partial charge in [-0.1, -0.05) is 67.6 Å². The van der Waals surface area contributed by atoms with E-state index in [2.05, 4.69) is 34.9 Å². The largest absolute Gasteiger partial charge is 0.481 e. The monoisotopic (exact) mass is 448 g/mol. The molecular formula is C26H28N2O5. The molecule has 0 heterocycles. The van der Waals surface area contributed by atoms with Crippen molar-refractivity contribution in [2.24, 2.45) is 11.8 Å². The number of carbonyl (C=O) groups excluding carboxylic acids is 2. The number of hydrogen-bond donors (Lipinski definition) is 3. The van der Waals surface area contributed by atoms with Crippen LogP contribution in [0.5, 0.6) is 0 Å². The number of fused-ring (bicyclic) bond motifs is 3. The van der Waals surface area contributed by atoms with Gasteiger partial charge in [-0.3, -0.25) is 9.59 Å². The quantitative estimate of drug-likeness (QED) is 0.561. The van der Waals surface area contributed by atoms with Gasteiger partial charge in [-0.05, 0) is 35.1 Å². The predicted molar refractivity (Wildman–Crippen MR) is 124 cm³/mol. The third kappa shape index (κ3) is 5.08. The zero-order chi connectivity index (χ0) is 23.4. The van der Waals surface area contributed by atoms with Gasteiger partial charge in [0.05, 0.1) is 12.0 Å². The van der Waals surface area contributed by atoms with Crippen molar-refractivity contribution >= 4 is 18.0 Å². The van der Waals surface area contributed by atoms with E-state index in [1.807, 2.05) is 36.4 Å². The van der Waals surface area contributed by atoms with E-state index < -0.39 is 18.0 Å². The first-order valence-electron chi connectivity index (χ1n) is 11.2. The number of benzene rings is 2. The van der Waals surface area contributed by atoms with E-state index in [0.29, 0.717) is 12.8 Å². The Hall–Kier alpha value is -3.61. The van der Waals surface area contributed by atoms with Crippen molar-refractivity contribution in [3.8, 4) is 11.1 Å². The lowest BCUT2D eigenvalue weighted by Crippen LogP contribution is -2.42. The zero-order valence-corrected chi connectivity index (χ0v) is 18.5. The summed E-state index contributed by atoms with van der Waals surface area (Å²) in [6.45, 7) is 1.86. The molecule has 2 aliphatic carbocycles. The average molecular weight is 449 g/mol. The third-order valence-electron chi connectivity index (χ3n) is 6.35. The first kappa shape index (κ1) is 22.6. The fourth-order valence-corrected chi connectivity index (χ4v) is 4.49. The van der Waals surface area contributed by atoms with Gasteiger partial charge in [0.15, 0.2) is 0 Å². The van der Waals surface area contributed by atoms with Crippen LogP contribution in [0, 0.1) is 11.8 Å². The SMILES string of the molecule is CC(CNC(=O)C1CC=CC(NC(=O)OCC2c3ccccc3-c3ccccc32)C1)C(=O)O. The molecule has 3 atom stereocenters. The number of allylic oxidation sites excluding steroid dienone is 1. The Balaban J connectivity index is 1.31. The molecule has 7 heteroatoms. The lowest BCUT2D eigenvalue weighted by atomic mass is 9.90. The predicted octanol–water partition coefficient (Wildman–Crippen LogP) is 3.70. The molecule has 3 N–H and O–H groups in total. The van der Waals surface area contributed by atoms with E-state index in [1.54, 1.807) is 6.92 Å². The summed E-state index contributed by atoms with van der Waals surface area (Å²) in [6, 6.07) is 16.0. The lowest BCUT2D eigenvalue weighted by Gasteiger charge is -2.25. The second-order valence-corrected chi connectivity index (χ2v) is 8.66. The Bertz CT molecular complexity index is 1030. The highest BCUT2D eigenvalue weighted by Gasteiger charge is 2.30. The number of carbonyl (C=O) groups is 3. The molecule has 0 radical (unpaired) electrons. The van der Waals surface area contributed by atoms with Gasteiger partial charge in [0.25, 0.3) is 0 Å². The van der Waals surface area contributed by atoms with E-state index in [1.165, 1.54) is 11.1 Å². The summed E-state index contributed by atoms with van der Waals surface area (Å²) in [7, 11) is 0. The highest BCUT2D eigenvalue weighted by atomic mass is 16.5. The average Bonchev–Trinajstić information content (AvgIpc) is 3.15. The fourth-order valence-electron chi connectivity index (χ4n) is 4.49. The van der Waals surface area contributed by atoms with Gasteiger partial charge < -0.3 is 20.5 Å². The molecular weight excluding hydrogens is 420 g/mol. The molecule has 0 fully saturated rings. The summed E-state index contributed by atoms with van der Waals surface area (Å²) < 4.78 is 5.59. The minimum atomic E-state index is -0.950. The number of hydrogen-bond acceptors (Lipinski definition) is 4. The maximum Gasteiger partial charge on any atom is 0.407 e. The molecule has 2 aliphatic rings.